The first-order chi connectivity index (χ1) is 7.25. The summed E-state index contributed by atoms with van der Waals surface area (Å²) in [4.78, 5) is 11.8. The van der Waals surface area contributed by atoms with Gasteiger partial charge in [-0.25, -0.2) is 0 Å². The van der Waals surface area contributed by atoms with Gasteiger partial charge >= 0.3 is 0 Å². The van der Waals surface area contributed by atoms with Crippen LogP contribution in [0.3, 0.4) is 0 Å². The predicted molar refractivity (Wildman–Crippen MR) is 62.9 cm³/mol. The molecule has 1 aliphatic rings. The molecule has 2 atom stereocenters. The topological polar surface area (TPSA) is 55.1 Å². The number of carbonyl (C=O) groups excluding carboxylic acids is 1. The molecule has 4 heteroatoms. The van der Waals surface area contributed by atoms with Gasteiger partial charge in [-0.3, -0.25) is 4.79 Å². The summed E-state index contributed by atoms with van der Waals surface area (Å²) in [6, 6.07) is 2.13. The van der Waals surface area contributed by atoms with E-state index >= 15 is 0 Å². The highest BCUT2D eigenvalue weighted by molar-refractivity contribution is 7.08. The van der Waals surface area contributed by atoms with Crippen LogP contribution in [0.5, 0.6) is 0 Å². The largest absolute Gasteiger partial charge is 0.328 e. The maximum Gasteiger partial charge on any atom is 0.227 e. The Labute approximate surface area is 93.7 Å². The lowest BCUT2D eigenvalue weighted by Gasteiger charge is -2.25. The van der Waals surface area contributed by atoms with Gasteiger partial charge in [0.1, 0.15) is 0 Å². The smallest absolute Gasteiger partial charge is 0.227 e. The monoisotopic (exact) mass is 224 g/mol. The van der Waals surface area contributed by atoms with Crippen molar-refractivity contribution in [1.82, 2.24) is 0 Å². The van der Waals surface area contributed by atoms with E-state index in [0.29, 0.717) is 0 Å². The zero-order chi connectivity index (χ0) is 10.7. The third kappa shape index (κ3) is 2.79. The summed E-state index contributed by atoms with van der Waals surface area (Å²) < 4.78 is 0. The van der Waals surface area contributed by atoms with Crippen LogP contribution in [0.15, 0.2) is 16.8 Å². The van der Waals surface area contributed by atoms with E-state index in [0.717, 1.165) is 31.4 Å². The fraction of sp³-hybridized carbons (Fsp3) is 0.545. The number of amides is 1. The number of hydrogen-bond donors (Lipinski definition) is 2. The normalized spacial score (nSPS) is 26.2. The molecule has 2 rings (SSSR count). The fourth-order valence-electron chi connectivity index (χ4n) is 2.05. The Kier molecular flexibility index (Phi) is 3.38. The maximum absolute atomic E-state index is 11.8. The summed E-state index contributed by atoms with van der Waals surface area (Å²) >= 11 is 1.59. The number of anilines is 1. The predicted octanol–water partition coefficient (Wildman–Crippen LogP) is 2.20. The van der Waals surface area contributed by atoms with Crippen molar-refractivity contribution >= 4 is 22.9 Å². The van der Waals surface area contributed by atoms with Crippen molar-refractivity contribution < 1.29 is 4.79 Å². The van der Waals surface area contributed by atoms with Crippen molar-refractivity contribution in [3.05, 3.63) is 16.8 Å². The zero-order valence-corrected chi connectivity index (χ0v) is 9.43. The average molecular weight is 224 g/mol. The summed E-state index contributed by atoms with van der Waals surface area (Å²) in [6.45, 7) is 0. The van der Waals surface area contributed by atoms with E-state index in [1.54, 1.807) is 11.3 Å². The number of nitrogens with one attached hydrogen (secondary N) is 1. The molecule has 1 aromatic heterocycles. The summed E-state index contributed by atoms with van der Waals surface area (Å²) in [5.41, 5.74) is 6.76. The number of nitrogens with two attached hydrogens (primary N) is 1. The first-order valence-corrected chi connectivity index (χ1v) is 6.28. The lowest BCUT2D eigenvalue weighted by molar-refractivity contribution is -0.120. The molecule has 1 aromatic rings. The SMILES string of the molecule is NC1CCCC(C(=O)Nc2ccsc2)C1. The Balaban J connectivity index is 1.90. The van der Waals surface area contributed by atoms with E-state index in [4.69, 9.17) is 5.73 Å². The van der Waals surface area contributed by atoms with Gasteiger partial charge in [0.15, 0.2) is 0 Å². The van der Waals surface area contributed by atoms with Crippen LogP contribution in [-0.2, 0) is 4.79 Å². The average Bonchev–Trinajstić information content (AvgIpc) is 2.70. The second-order valence-corrected chi connectivity index (χ2v) is 4.90. The molecular formula is C11H16N2OS. The Morgan fingerprint density at radius 3 is 3.07 bits per heavy atom. The molecule has 1 amide bonds. The molecule has 3 N–H and O–H groups in total. The highest BCUT2D eigenvalue weighted by Crippen LogP contribution is 2.24. The zero-order valence-electron chi connectivity index (χ0n) is 8.61. The molecule has 0 saturated heterocycles. The number of rotatable bonds is 2. The minimum atomic E-state index is 0.105. The summed E-state index contributed by atoms with van der Waals surface area (Å²) in [5.74, 6) is 0.234. The molecule has 0 aromatic carbocycles. The van der Waals surface area contributed by atoms with Crippen molar-refractivity contribution in [3.8, 4) is 0 Å². The summed E-state index contributed by atoms with van der Waals surface area (Å²) in [6.07, 6.45) is 3.94. The second-order valence-electron chi connectivity index (χ2n) is 4.12. The Bertz CT molecular complexity index is 323. The van der Waals surface area contributed by atoms with Crippen LogP contribution in [-0.4, -0.2) is 11.9 Å². The van der Waals surface area contributed by atoms with Gasteiger partial charge in [0.2, 0.25) is 5.91 Å². The number of hydrogen-bond acceptors (Lipinski definition) is 3. The highest BCUT2D eigenvalue weighted by Gasteiger charge is 2.25. The molecule has 3 nitrogen and oxygen atoms in total. The molecule has 1 heterocycles. The van der Waals surface area contributed by atoms with E-state index in [9.17, 15) is 4.79 Å². The molecule has 0 bridgehead atoms. The van der Waals surface area contributed by atoms with Crippen molar-refractivity contribution in [2.45, 2.75) is 31.7 Å². The molecule has 1 fully saturated rings. The van der Waals surface area contributed by atoms with E-state index in [2.05, 4.69) is 5.32 Å². The highest BCUT2D eigenvalue weighted by atomic mass is 32.1. The minimum absolute atomic E-state index is 0.105. The van der Waals surface area contributed by atoms with Crippen LogP contribution in [0, 0.1) is 5.92 Å². The van der Waals surface area contributed by atoms with Crippen LogP contribution in [0.1, 0.15) is 25.7 Å². The van der Waals surface area contributed by atoms with E-state index < -0.39 is 0 Å². The van der Waals surface area contributed by atoms with Gasteiger partial charge in [0, 0.05) is 17.3 Å². The van der Waals surface area contributed by atoms with Gasteiger partial charge in [-0.1, -0.05) is 6.42 Å². The van der Waals surface area contributed by atoms with Gasteiger partial charge in [0.05, 0.1) is 5.69 Å². The second kappa shape index (κ2) is 4.77. The minimum Gasteiger partial charge on any atom is -0.328 e. The number of carbonyl (C=O) groups is 1. The van der Waals surface area contributed by atoms with Crippen LogP contribution in [0.4, 0.5) is 5.69 Å². The van der Waals surface area contributed by atoms with Gasteiger partial charge < -0.3 is 11.1 Å². The first kappa shape index (κ1) is 10.6. The van der Waals surface area contributed by atoms with Gasteiger partial charge in [-0.15, -0.1) is 0 Å². The maximum atomic E-state index is 11.8. The fourth-order valence-corrected chi connectivity index (χ4v) is 2.63. The van der Waals surface area contributed by atoms with Crippen molar-refractivity contribution in [1.29, 1.82) is 0 Å². The summed E-state index contributed by atoms with van der Waals surface area (Å²) in [5, 5.41) is 6.83. The third-order valence-corrected chi connectivity index (χ3v) is 3.56. The Morgan fingerprint density at radius 2 is 2.40 bits per heavy atom. The van der Waals surface area contributed by atoms with Gasteiger partial charge in [-0.05, 0) is 30.7 Å². The van der Waals surface area contributed by atoms with Crippen molar-refractivity contribution in [2.24, 2.45) is 11.7 Å². The molecule has 2 unspecified atom stereocenters. The quantitative estimate of drug-likeness (QED) is 0.809. The van der Waals surface area contributed by atoms with Crippen LogP contribution >= 0.6 is 11.3 Å². The lowest BCUT2D eigenvalue weighted by atomic mass is 9.85. The molecule has 0 spiro atoms. The molecule has 82 valence electrons. The molecule has 1 aliphatic carbocycles. The lowest BCUT2D eigenvalue weighted by Crippen LogP contribution is -2.34. The van der Waals surface area contributed by atoms with Gasteiger partial charge in [0.25, 0.3) is 0 Å². The van der Waals surface area contributed by atoms with E-state index in [1.807, 2.05) is 16.8 Å². The summed E-state index contributed by atoms with van der Waals surface area (Å²) in [7, 11) is 0. The molecular weight excluding hydrogens is 208 g/mol. The van der Waals surface area contributed by atoms with Crippen LogP contribution < -0.4 is 11.1 Å². The van der Waals surface area contributed by atoms with Crippen LogP contribution in [0.25, 0.3) is 0 Å². The number of thiophene rings is 1. The van der Waals surface area contributed by atoms with Crippen molar-refractivity contribution in [3.63, 3.8) is 0 Å². The third-order valence-electron chi connectivity index (χ3n) is 2.87. The Morgan fingerprint density at radius 1 is 1.53 bits per heavy atom. The molecule has 1 saturated carbocycles. The molecule has 15 heavy (non-hydrogen) atoms. The van der Waals surface area contributed by atoms with Gasteiger partial charge in [-0.2, -0.15) is 11.3 Å². The van der Waals surface area contributed by atoms with E-state index in [1.165, 1.54) is 0 Å². The molecule has 0 radical (unpaired) electrons. The van der Waals surface area contributed by atoms with Crippen LogP contribution in [0.2, 0.25) is 0 Å². The molecule has 0 aliphatic heterocycles. The first-order valence-electron chi connectivity index (χ1n) is 5.34. The van der Waals surface area contributed by atoms with Crippen molar-refractivity contribution in [2.75, 3.05) is 5.32 Å². The standard InChI is InChI=1S/C11H16N2OS/c12-9-3-1-2-8(6-9)11(14)13-10-4-5-15-7-10/h4-5,7-9H,1-3,6,12H2,(H,13,14). The van der Waals surface area contributed by atoms with E-state index in [-0.39, 0.29) is 17.9 Å². The Hall–Kier alpha value is -0.870.